The molecule has 0 fully saturated rings. The van der Waals surface area contributed by atoms with Crippen LogP contribution >= 0.6 is 0 Å². The van der Waals surface area contributed by atoms with E-state index in [1.165, 1.54) is 18.2 Å². The first-order chi connectivity index (χ1) is 7.63. The summed E-state index contributed by atoms with van der Waals surface area (Å²) in [6.45, 7) is 2.16. The van der Waals surface area contributed by atoms with E-state index in [-0.39, 0.29) is 23.7 Å². The summed E-state index contributed by atoms with van der Waals surface area (Å²) in [6.07, 6.45) is 0.967. The Bertz CT molecular complexity index is 400. The molecule has 0 saturated heterocycles. The number of nitrogens with one attached hydrogen (secondary N) is 2. The fourth-order valence-corrected chi connectivity index (χ4v) is 1.32. The highest BCUT2D eigenvalue weighted by Gasteiger charge is 2.08. The highest BCUT2D eigenvalue weighted by molar-refractivity contribution is 5.92. The van der Waals surface area contributed by atoms with Crippen molar-refractivity contribution in [2.75, 3.05) is 6.54 Å². The standard InChI is InChI=1S/C11H16N2O3/c1-2-4-8(14)7-12-11(16)9-5-3-6-10(15)13-9/h3,5-6,8,14H,2,4,7H2,1H3,(H,12,16)(H,13,15). The van der Waals surface area contributed by atoms with Gasteiger partial charge in [-0.1, -0.05) is 19.4 Å². The lowest BCUT2D eigenvalue weighted by Gasteiger charge is -2.10. The van der Waals surface area contributed by atoms with E-state index in [9.17, 15) is 14.7 Å². The molecule has 1 rings (SSSR count). The van der Waals surface area contributed by atoms with Crippen LogP contribution in [0.1, 0.15) is 30.3 Å². The molecule has 1 aromatic heterocycles. The van der Waals surface area contributed by atoms with Gasteiger partial charge in [-0.3, -0.25) is 9.59 Å². The van der Waals surface area contributed by atoms with Crippen LogP contribution in [0.3, 0.4) is 0 Å². The normalized spacial score (nSPS) is 12.1. The first-order valence-electron chi connectivity index (χ1n) is 5.29. The quantitative estimate of drug-likeness (QED) is 0.671. The lowest BCUT2D eigenvalue weighted by molar-refractivity contribution is 0.0905. The molecule has 5 heteroatoms. The number of pyridine rings is 1. The number of aromatic amines is 1. The van der Waals surface area contributed by atoms with Crippen LogP contribution in [-0.4, -0.2) is 28.6 Å². The summed E-state index contributed by atoms with van der Waals surface area (Å²) in [5.41, 5.74) is -0.113. The molecule has 0 radical (unpaired) electrons. The smallest absolute Gasteiger partial charge is 0.267 e. The number of aromatic nitrogens is 1. The third-order valence-corrected chi connectivity index (χ3v) is 2.13. The molecular weight excluding hydrogens is 208 g/mol. The molecule has 88 valence electrons. The second kappa shape index (κ2) is 6.07. The van der Waals surface area contributed by atoms with E-state index in [4.69, 9.17) is 0 Å². The highest BCUT2D eigenvalue weighted by Crippen LogP contribution is 1.95. The van der Waals surface area contributed by atoms with Crippen LogP contribution in [0.25, 0.3) is 0 Å². The summed E-state index contributed by atoms with van der Waals surface area (Å²) in [4.78, 5) is 24.9. The maximum Gasteiger partial charge on any atom is 0.267 e. The van der Waals surface area contributed by atoms with Crippen molar-refractivity contribution in [2.45, 2.75) is 25.9 Å². The Morgan fingerprint density at radius 1 is 1.56 bits per heavy atom. The largest absolute Gasteiger partial charge is 0.391 e. The summed E-state index contributed by atoms with van der Waals surface area (Å²) in [5, 5.41) is 12.0. The van der Waals surface area contributed by atoms with Gasteiger partial charge in [-0.05, 0) is 12.5 Å². The minimum Gasteiger partial charge on any atom is -0.391 e. The molecular formula is C11H16N2O3. The Morgan fingerprint density at radius 2 is 2.31 bits per heavy atom. The average Bonchev–Trinajstić information content (AvgIpc) is 2.26. The number of hydrogen-bond donors (Lipinski definition) is 3. The van der Waals surface area contributed by atoms with Crippen LogP contribution in [0.15, 0.2) is 23.0 Å². The molecule has 0 spiro atoms. The molecule has 0 aliphatic heterocycles. The molecule has 1 atom stereocenters. The van der Waals surface area contributed by atoms with Gasteiger partial charge in [0.1, 0.15) is 5.69 Å². The van der Waals surface area contributed by atoms with E-state index >= 15 is 0 Å². The van der Waals surface area contributed by atoms with Gasteiger partial charge in [0.2, 0.25) is 5.56 Å². The Morgan fingerprint density at radius 3 is 2.94 bits per heavy atom. The molecule has 0 aliphatic carbocycles. The van der Waals surface area contributed by atoms with E-state index in [0.29, 0.717) is 6.42 Å². The Balaban J connectivity index is 2.50. The highest BCUT2D eigenvalue weighted by atomic mass is 16.3. The Labute approximate surface area is 93.5 Å². The maximum atomic E-state index is 11.5. The fourth-order valence-electron chi connectivity index (χ4n) is 1.32. The van der Waals surface area contributed by atoms with Gasteiger partial charge in [0.05, 0.1) is 6.10 Å². The van der Waals surface area contributed by atoms with Gasteiger partial charge < -0.3 is 15.4 Å². The van der Waals surface area contributed by atoms with E-state index in [0.717, 1.165) is 6.42 Å². The summed E-state index contributed by atoms with van der Waals surface area (Å²) in [7, 11) is 0. The third kappa shape index (κ3) is 3.86. The molecule has 0 aromatic carbocycles. The number of aliphatic hydroxyl groups excluding tert-OH is 1. The first-order valence-corrected chi connectivity index (χ1v) is 5.29. The number of H-pyrrole nitrogens is 1. The number of carbonyl (C=O) groups is 1. The van der Waals surface area contributed by atoms with Crippen molar-refractivity contribution >= 4 is 5.91 Å². The zero-order valence-electron chi connectivity index (χ0n) is 9.19. The molecule has 0 bridgehead atoms. The van der Waals surface area contributed by atoms with Gasteiger partial charge in [0.25, 0.3) is 5.91 Å². The Kier molecular flexibility index (Phi) is 4.72. The van der Waals surface area contributed by atoms with Crippen LogP contribution in [0.5, 0.6) is 0 Å². The van der Waals surface area contributed by atoms with Crippen molar-refractivity contribution in [3.63, 3.8) is 0 Å². The molecule has 5 nitrogen and oxygen atoms in total. The van der Waals surface area contributed by atoms with Gasteiger partial charge >= 0.3 is 0 Å². The van der Waals surface area contributed by atoms with Crippen molar-refractivity contribution in [1.82, 2.24) is 10.3 Å². The summed E-state index contributed by atoms with van der Waals surface area (Å²) in [5.74, 6) is -0.382. The van der Waals surface area contributed by atoms with Crippen LogP contribution in [-0.2, 0) is 0 Å². The third-order valence-electron chi connectivity index (χ3n) is 2.13. The SMILES string of the molecule is CCCC(O)CNC(=O)c1cccc(=O)[nH]1. The number of aliphatic hydroxyl groups is 1. The van der Waals surface area contributed by atoms with E-state index in [1.54, 1.807) is 0 Å². The molecule has 0 saturated carbocycles. The van der Waals surface area contributed by atoms with E-state index < -0.39 is 6.10 Å². The molecule has 3 N–H and O–H groups in total. The summed E-state index contributed by atoms with van der Waals surface area (Å²) >= 11 is 0. The van der Waals surface area contributed by atoms with Crippen molar-refractivity contribution in [1.29, 1.82) is 0 Å². The second-order valence-electron chi connectivity index (χ2n) is 3.58. The topological polar surface area (TPSA) is 82.2 Å². The first kappa shape index (κ1) is 12.4. The number of amides is 1. The fraction of sp³-hybridized carbons (Fsp3) is 0.455. The maximum absolute atomic E-state index is 11.5. The van der Waals surface area contributed by atoms with Gasteiger partial charge in [-0.2, -0.15) is 0 Å². The van der Waals surface area contributed by atoms with Crippen molar-refractivity contribution in [2.24, 2.45) is 0 Å². The lowest BCUT2D eigenvalue weighted by Crippen LogP contribution is -2.33. The molecule has 1 heterocycles. The van der Waals surface area contributed by atoms with Crippen LogP contribution < -0.4 is 10.9 Å². The summed E-state index contributed by atoms with van der Waals surface area (Å²) in [6, 6.07) is 4.36. The van der Waals surface area contributed by atoms with Crippen molar-refractivity contribution < 1.29 is 9.90 Å². The van der Waals surface area contributed by atoms with Gasteiger partial charge in [-0.15, -0.1) is 0 Å². The average molecular weight is 224 g/mol. The van der Waals surface area contributed by atoms with Gasteiger partial charge in [0.15, 0.2) is 0 Å². The monoisotopic (exact) mass is 224 g/mol. The minimum atomic E-state index is -0.538. The van der Waals surface area contributed by atoms with Crippen molar-refractivity contribution in [3.05, 3.63) is 34.2 Å². The van der Waals surface area contributed by atoms with E-state index in [2.05, 4.69) is 10.3 Å². The van der Waals surface area contributed by atoms with Crippen LogP contribution in [0.2, 0.25) is 0 Å². The molecule has 16 heavy (non-hydrogen) atoms. The van der Waals surface area contributed by atoms with Crippen LogP contribution in [0.4, 0.5) is 0 Å². The zero-order chi connectivity index (χ0) is 12.0. The molecule has 1 unspecified atom stereocenters. The minimum absolute atomic E-state index is 0.198. The van der Waals surface area contributed by atoms with Crippen LogP contribution in [0, 0.1) is 0 Å². The Hall–Kier alpha value is -1.62. The molecule has 0 aliphatic rings. The zero-order valence-corrected chi connectivity index (χ0v) is 9.19. The summed E-state index contributed by atoms with van der Waals surface area (Å²) < 4.78 is 0. The molecule has 1 amide bonds. The van der Waals surface area contributed by atoms with Gasteiger partial charge in [-0.25, -0.2) is 0 Å². The van der Waals surface area contributed by atoms with E-state index in [1.807, 2.05) is 6.92 Å². The number of hydrogen-bond acceptors (Lipinski definition) is 3. The molecule has 1 aromatic rings. The number of rotatable bonds is 5. The predicted molar refractivity (Wildman–Crippen MR) is 60.3 cm³/mol. The van der Waals surface area contributed by atoms with Gasteiger partial charge in [0, 0.05) is 12.6 Å². The number of carbonyl (C=O) groups excluding carboxylic acids is 1. The van der Waals surface area contributed by atoms with Crippen molar-refractivity contribution in [3.8, 4) is 0 Å². The second-order valence-corrected chi connectivity index (χ2v) is 3.58. The lowest BCUT2D eigenvalue weighted by atomic mass is 10.2. The predicted octanol–water partition coefficient (Wildman–Crippen LogP) is 0.266.